The Morgan fingerprint density at radius 1 is 1.50 bits per heavy atom. The fourth-order valence-corrected chi connectivity index (χ4v) is 2.40. The van der Waals surface area contributed by atoms with Crippen LogP contribution in [0.3, 0.4) is 0 Å². The van der Waals surface area contributed by atoms with E-state index >= 15 is 0 Å². The lowest BCUT2D eigenvalue weighted by Crippen LogP contribution is -2.13. The van der Waals surface area contributed by atoms with Crippen LogP contribution < -0.4 is 5.32 Å². The molecule has 0 aromatic carbocycles. The molecule has 0 bridgehead atoms. The number of anilines is 1. The van der Waals surface area contributed by atoms with Crippen LogP contribution in [0.5, 0.6) is 0 Å². The summed E-state index contributed by atoms with van der Waals surface area (Å²) in [6.07, 6.45) is 5.57. The number of hydrogen-bond acceptors (Lipinski definition) is 5. The molecule has 0 saturated heterocycles. The Labute approximate surface area is 108 Å². The van der Waals surface area contributed by atoms with Crippen LogP contribution >= 0.6 is 11.5 Å². The molecule has 2 aromatic rings. The van der Waals surface area contributed by atoms with Gasteiger partial charge < -0.3 is 5.32 Å². The van der Waals surface area contributed by atoms with Crippen LogP contribution in [-0.2, 0) is 0 Å². The average molecular weight is 260 g/mol. The molecule has 2 heterocycles. The van der Waals surface area contributed by atoms with Crippen LogP contribution in [0.4, 0.5) is 5.69 Å². The zero-order valence-corrected chi connectivity index (χ0v) is 10.7. The Kier molecular flexibility index (Phi) is 2.79. The van der Waals surface area contributed by atoms with Crippen molar-refractivity contribution in [2.24, 2.45) is 0 Å². The van der Waals surface area contributed by atoms with Gasteiger partial charge in [-0.1, -0.05) is 4.49 Å². The lowest BCUT2D eigenvalue weighted by Gasteiger charge is -2.06. The number of pyridine rings is 1. The van der Waals surface area contributed by atoms with E-state index in [4.69, 9.17) is 0 Å². The molecule has 1 saturated carbocycles. The Hall–Kier alpha value is -1.82. The standard InChI is InChI=1S/C12H12N4OS/c1-7-4-5-13-6-9(7)14-12(17)11-10(8-2-3-8)15-16-18-11/h4-6,8H,2-3H2,1H3,(H,14,17). The maximum absolute atomic E-state index is 12.2. The van der Waals surface area contributed by atoms with Crippen LogP contribution in [-0.4, -0.2) is 20.5 Å². The van der Waals surface area contributed by atoms with E-state index in [1.807, 2.05) is 13.0 Å². The third-order valence-electron chi connectivity index (χ3n) is 2.97. The smallest absolute Gasteiger partial charge is 0.269 e. The van der Waals surface area contributed by atoms with Gasteiger partial charge in [0.1, 0.15) is 4.88 Å². The summed E-state index contributed by atoms with van der Waals surface area (Å²) in [7, 11) is 0. The molecule has 0 atom stereocenters. The highest BCUT2D eigenvalue weighted by Gasteiger charge is 2.31. The van der Waals surface area contributed by atoms with Crippen molar-refractivity contribution >= 4 is 23.1 Å². The molecule has 92 valence electrons. The Morgan fingerprint density at radius 3 is 3.06 bits per heavy atom. The van der Waals surface area contributed by atoms with Gasteiger partial charge >= 0.3 is 0 Å². The third-order valence-corrected chi connectivity index (χ3v) is 3.71. The van der Waals surface area contributed by atoms with Crippen molar-refractivity contribution < 1.29 is 4.79 Å². The normalized spacial score (nSPS) is 14.5. The molecule has 5 nitrogen and oxygen atoms in total. The summed E-state index contributed by atoms with van der Waals surface area (Å²) < 4.78 is 3.88. The lowest BCUT2D eigenvalue weighted by molar-refractivity contribution is 0.102. The number of rotatable bonds is 3. The number of aryl methyl sites for hydroxylation is 1. The van der Waals surface area contributed by atoms with E-state index in [9.17, 15) is 4.79 Å². The molecule has 1 amide bonds. The Bertz CT molecular complexity index is 591. The molecule has 1 aliphatic carbocycles. The third kappa shape index (κ3) is 2.11. The Balaban J connectivity index is 1.83. The van der Waals surface area contributed by atoms with Gasteiger partial charge in [-0.25, -0.2) is 0 Å². The number of aromatic nitrogens is 3. The minimum atomic E-state index is -0.136. The van der Waals surface area contributed by atoms with Crippen LogP contribution in [0.1, 0.15) is 39.7 Å². The molecular formula is C12H12N4OS. The van der Waals surface area contributed by atoms with Gasteiger partial charge in [0, 0.05) is 12.1 Å². The van der Waals surface area contributed by atoms with Crippen molar-refractivity contribution in [3.63, 3.8) is 0 Å². The van der Waals surface area contributed by atoms with Crippen molar-refractivity contribution in [2.45, 2.75) is 25.7 Å². The molecule has 1 fully saturated rings. The molecule has 1 N–H and O–H groups in total. The van der Waals surface area contributed by atoms with Gasteiger partial charge in [0.25, 0.3) is 5.91 Å². The maximum Gasteiger partial charge on any atom is 0.269 e. The molecule has 1 aliphatic rings. The SMILES string of the molecule is Cc1ccncc1NC(=O)c1snnc1C1CC1. The van der Waals surface area contributed by atoms with E-state index in [2.05, 4.69) is 19.9 Å². The first-order valence-electron chi connectivity index (χ1n) is 5.80. The van der Waals surface area contributed by atoms with E-state index in [1.165, 1.54) is 0 Å². The fourth-order valence-electron chi connectivity index (χ4n) is 1.75. The summed E-state index contributed by atoms with van der Waals surface area (Å²) >= 11 is 1.16. The quantitative estimate of drug-likeness (QED) is 0.920. The highest BCUT2D eigenvalue weighted by atomic mass is 32.1. The second-order valence-electron chi connectivity index (χ2n) is 4.41. The average Bonchev–Trinajstić information content (AvgIpc) is 3.09. The predicted molar refractivity (Wildman–Crippen MR) is 68.8 cm³/mol. The molecule has 0 unspecified atom stereocenters. The number of nitrogens with one attached hydrogen (secondary N) is 1. The highest BCUT2D eigenvalue weighted by molar-refractivity contribution is 7.08. The van der Waals surface area contributed by atoms with E-state index in [1.54, 1.807) is 12.4 Å². The molecule has 2 aromatic heterocycles. The van der Waals surface area contributed by atoms with E-state index in [0.29, 0.717) is 10.8 Å². The minimum Gasteiger partial charge on any atom is -0.320 e. The molecule has 0 aliphatic heterocycles. The topological polar surface area (TPSA) is 67.8 Å². The highest BCUT2D eigenvalue weighted by Crippen LogP contribution is 2.41. The molecule has 18 heavy (non-hydrogen) atoms. The summed E-state index contributed by atoms with van der Waals surface area (Å²) in [6, 6.07) is 1.86. The summed E-state index contributed by atoms with van der Waals surface area (Å²) in [6.45, 7) is 1.93. The molecule has 6 heteroatoms. The van der Waals surface area contributed by atoms with Gasteiger partial charge in [-0.05, 0) is 42.9 Å². The maximum atomic E-state index is 12.2. The predicted octanol–water partition coefficient (Wildman–Crippen LogP) is 2.37. The van der Waals surface area contributed by atoms with Crippen molar-refractivity contribution in [1.82, 2.24) is 14.6 Å². The van der Waals surface area contributed by atoms with Gasteiger partial charge in [0.2, 0.25) is 0 Å². The molecule has 0 spiro atoms. The minimum absolute atomic E-state index is 0.136. The molecule has 0 radical (unpaired) electrons. The van der Waals surface area contributed by atoms with Gasteiger partial charge in [-0.3, -0.25) is 9.78 Å². The van der Waals surface area contributed by atoms with Crippen LogP contribution in [0.25, 0.3) is 0 Å². The fraction of sp³-hybridized carbons (Fsp3) is 0.333. The van der Waals surface area contributed by atoms with Gasteiger partial charge in [0.05, 0.1) is 17.6 Å². The molecular weight excluding hydrogens is 248 g/mol. The first-order chi connectivity index (χ1) is 8.75. The molecule has 3 rings (SSSR count). The lowest BCUT2D eigenvalue weighted by atomic mass is 10.2. The summed E-state index contributed by atoms with van der Waals surface area (Å²) in [5.41, 5.74) is 2.57. The number of carbonyl (C=O) groups is 1. The van der Waals surface area contributed by atoms with Crippen molar-refractivity contribution in [2.75, 3.05) is 5.32 Å². The second-order valence-corrected chi connectivity index (χ2v) is 5.16. The summed E-state index contributed by atoms with van der Waals surface area (Å²) in [5, 5.41) is 6.92. The first-order valence-corrected chi connectivity index (χ1v) is 6.57. The van der Waals surface area contributed by atoms with Crippen LogP contribution in [0, 0.1) is 6.92 Å². The van der Waals surface area contributed by atoms with Crippen LogP contribution in [0.2, 0.25) is 0 Å². The van der Waals surface area contributed by atoms with Crippen molar-refractivity contribution in [3.8, 4) is 0 Å². The first kappa shape index (κ1) is 11.3. The summed E-state index contributed by atoms with van der Waals surface area (Å²) in [5.74, 6) is 0.294. The monoisotopic (exact) mass is 260 g/mol. The van der Waals surface area contributed by atoms with Gasteiger partial charge in [-0.15, -0.1) is 5.10 Å². The largest absolute Gasteiger partial charge is 0.320 e. The second kappa shape index (κ2) is 4.45. The number of nitrogens with zero attached hydrogens (tertiary/aromatic N) is 3. The van der Waals surface area contributed by atoms with Crippen LogP contribution in [0.15, 0.2) is 18.5 Å². The van der Waals surface area contributed by atoms with E-state index < -0.39 is 0 Å². The van der Waals surface area contributed by atoms with Gasteiger partial charge in [-0.2, -0.15) is 0 Å². The Morgan fingerprint density at radius 2 is 2.33 bits per heavy atom. The number of hydrogen-bond donors (Lipinski definition) is 1. The summed E-state index contributed by atoms with van der Waals surface area (Å²) in [4.78, 5) is 16.8. The van der Waals surface area contributed by atoms with Gasteiger partial charge in [0.15, 0.2) is 0 Å². The number of amides is 1. The van der Waals surface area contributed by atoms with Crippen molar-refractivity contribution in [3.05, 3.63) is 34.6 Å². The van der Waals surface area contributed by atoms with E-state index in [-0.39, 0.29) is 5.91 Å². The van der Waals surface area contributed by atoms with E-state index in [0.717, 1.165) is 41.3 Å². The zero-order chi connectivity index (χ0) is 12.5. The zero-order valence-electron chi connectivity index (χ0n) is 9.88. The van der Waals surface area contributed by atoms with Crippen molar-refractivity contribution in [1.29, 1.82) is 0 Å². The number of carbonyl (C=O) groups excluding carboxylic acids is 1.